The molecule has 21 rings (SSSR count). The van der Waals surface area contributed by atoms with Crippen LogP contribution in [0.5, 0.6) is 0 Å². The molecule has 3 heterocycles. The van der Waals surface area contributed by atoms with E-state index in [0.717, 1.165) is 118 Å². The molecule has 3 nitrogen and oxygen atoms in total. The van der Waals surface area contributed by atoms with E-state index in [0.29, 0.717) is 0 Å². The lowest BCUT2D eigenvalue weighted by Crippen LogP contribution is -1.88. The van der Waals surface area contributed by atoms with E-state index in [2.05, 4.69) is 330 Å². The van der Waals surface area contributed by atoms with Crippen molar-refractivity contribution >= 4 is 130 Å². The number of rotatable bonds is 9. The average molecular weight is 1350 g/mol. The summed E-state index contributed by atoms with van der Waals surface area (Å²) in [5.74, 6) is 0. The number of furan rings is 3. The molecule has 0 unspecified atom stereocenters. The second-order valence-corrected chi connectivity index (χ2v) is 27.9. The zero-order valence-corrected chi connectivity index (χ0v) is 58.8. The summed E-state index contributed by atoms with van der Waals surface area (Å²) in [4.78, 5) is 0. The van der Waals surface area contributed by atoms with Gasteiger partial charge in [-0.1, -0.05) is 335 Å². The van der Waals surface area contributed by atoms with Gasteiger partial charge in [0, 0.05) is 49.0 Å². The van der Waals surface area contributed by atoms with Crippen molar-refractivity contribution in [1.82, 2.24) is 0 Å². The van der Waals surface area contributed by atoms with E-state index in [1.165, 1.54) is 115 Å². The van der Waals surface area contributed by atoms with E-state index in [9.17, 15) is 0 Å². The van der Waals surface area contributed by atoms with Gasteiger partial charge in [-0.3, -0.25) is 0 Å². The quantitative estimate of drug-likeness (QED) is 0.135. The van der Waals surface area contributed by atoms with Gasteiger partial charge in [-0.25, -0.2) is 0 Å². The van der Waals surface area contributed by atoms with Gasteiger partial charge in [0.1, 0.15) is 33.5 Å². The molecule has 105 heavy (non-hydrogen) atoms. The Morgan fingerprint density at radius 3 is 0.905 bits per heavy atom. The van der Waals surface area contributed by atoms with Crippen LogP contribution in [0.4, 0.5) is 0 Å². The van der Waals surface area contributed by atoms with E-state index in [-0.39, 0.29) is 0 Å². The molecule has 0 atom stereocenters. The first-order chi connectivity index (χ1) is 51.9. The third-order valence-corrected chi connectivity index (χ3v) is 21.5. The second-order valence-electron chi connectivity index (χ2n) is 27.9. The van der Waals surface area contributed by atoms with Crippen LogP contribution in [-0.2, 0) is 12.8 Å². The number of aryl methyl sites for hydroxylation is 3. The van der Waals surface area contributed by atoms with Crippen LogP contribution in [0, 0.1) is 6.92 Å². The lowest BCUT2D eigenvalue weighted by atomic mass is 9.91. The summed E-state index contributed by atoms with van der Waals surface area (Å²) < 4.78 is 18.8. The number of benzene rings is 18. The van der Waals surface area contributed by atoms with Gasteiger partial charge in [-0.2, -0.15) is 0 Å². The molecule has 3 aromatic heterocycles. The van der Waals surface area contributed by atoms with Crippen molar-refractivity contribution in [3.8, 4) is 66.8 Å². The molecular formula is C102H72O3. The number of hydrogen-bond donors (Lipinski definition) is 0. The number of hydrogen-bond acceptors (Lipinski definition) is 3. The summed E-state index contributed by atoms with van der Waals surface area (Å²) in [5.41, 5.74) is 24.1. The Hall–Kier alpha value is -13.1. The van der Waals surface area contributed by atoms with Crippen molar-refractivity contribution in [1.29, 1.82) is 0 Å². The molecule has 0 saturated heterocycles. The molecule has 0 saturated carbocycles. The molecule has 0 spiro atoms. The van der Waals surface area contributed by atoms with Crippen molar-refractivity contribution in [3.05, 3.63) is 362 Å². The van der Waals surface area contributed by atoms with Crippen molar-refractivity contribution in [3.63, 3.8) is 0 Å². The van der Waals surface area contributed by atoms with Crippen molar-refractivity contribution in [2.75, 3.05) is 0 Å². The van der Waals surface area contributed by atoms with E-state index in [1.54, 1.807) is 0 Å². The van der Waals surface area contributed by atoms with Gasteiger partial charge in [-0.05, 0) is 182 Å². The van der Waals surface area contributed by atoms with Crippen LogP contribution in [-0.4, -0.2) is 0 Å². The molecule has 0 radical (unpaired) electrons. The Bertz CT molecular complexity index is 6940. The van der Waals surface area contributed by atoms with Gasteiger partial charge in [0.15, 0.2) is 0 Å². The number of fused-ring (bicyclic) bond motifs is 18. The fourth-order valence-corrected chi connectivity index (χ4v) is 16.3. The summed E-state index contributed by atoms with van der Waals surface area (Å²) in [7, 11) is 0. The standard InChI is InChI=1S/C35H26O.C34H24O.C33H22O/c1-2-8-23-15-16-26-22-33(29-10-4-3-9-28(29)32(26)21-23)25-19-17-24(18-20-25)27-12-7-13-31-30-11-5-6-14-34(30)36-35(27)31;1-2-22-14-15-25-21-32(28-9-4-3-8-27(28)31(25)20-22)24-18-16-23(17-19-24)26-11-7-12-30-29-10-5-6-13-33(29)35-34(26)30;1-21-13-18-25-24(19-21)20-31(28-8-3-2-7-27(25)28)23-16-14-22(15-17-23)26-10-6-11-30-29-9-4-5-12-32(29)34-33(26)30/h3-7,9-22H,2,8H2,1H3;3-21H,2H2,1H3;2-20H,1H3. The molecule has 18 aromatic carbocycles. The average Bonchev–Trinajstić information content (AvgIpc) is 1.33. The van der Waals surface area contributed by atoms with Crippen LogP contribution < -0.4 is 0 Å². The van der Waals surface area contributed by atoms with Crippen molar-refractivity contribution in [2.24, 2.45) is 0 Å². The van der Waals surface area contributed by atoms with E-state index in [4.69, 9.17) is 13.3 Å². The van der Waals surface area contributed by atoms with Gasteiger partial charge in [0.25, 0.3) is 0 Å². The lowest BCUT2D eigenvalue weighted by molar-refractivity contribution is 0.669. The molecular weight excluding hydrogens is 1270 g/mol. The van der Waals surface area contributed by atoms with E-state index >= 15 is 0 Å². The van der Waals surface area contributed by atoms with Gasteiger partial charge in [0.05, 0.1) is 0 Å². The lowest BCUT2D eigenvalue weighted by Gasteiger charge is -2.13. The molecule has 0 fully saturated rings. The highest BCUT2D eigenvalue weighted by Gasteiger charge is 2.19. The molecule has 3 heteroatoms. The van der Waals surface area contributed by atoms with E-state index < -0.39 is 0 Å². The summed E-state index contributed by atoms with van der Waals surface area (Å²) in [6.07, 6.45) is 3.33. The third kappa shape index (κ3) is 11.2. The molecule has 0 amide bonds. The van der Waals surface area contributed by atoms with Crippen molar-refractivity contribution in [2.45, 2.75) is 40.0 Å². The molecule has 0 bridgehead atoms. The highest BCUT2D eigenvalue weighted by Crippen LogP contribution is 2.44. The Morgan fingerprint density at radius 1 is 0.210 bits per heavy atom. The Balaban J connectivity index is 0.000000108. The minimum atomic E-state index is 0.930. The largest absolute Gasteiger partial charge is 0.455 e. The molecule has 21 aromatic rings. The second kappa shape index (κ2) is 26.4. The highest BCUT2D eigenvalue weighted by molar-refractivity contribution is 6.18. The van der Waals surface area contributed by atoms with Gasteiger partial charge >= 0.3 is 0 Å². The Morgan fingerprint density at radius 2 is 0.524 bits per heavy atom. The van der Waals surface area contributed by atoms with Crippen LogP contribution in [0.1, 0.15) is 37.0 Å². The molecule has 0 aliphatic carbocycles. The minimum absolute atomic E-state index is 0.930. The molecule has 0 aliphatic rings. The highest BCUT2D eigenvalue weighted by atomic mass is 16.3. The summed E-state index contributed by atoms with van der Waals surface area (Å²) in [6.45, 7) is 6.61. The van der Waals surface area contributed by atoms with Crippen LogP contribution in [0.3, 0.4) is 0 Å². The fraction of sp³-hybridized carbons (Fsp3) is 0.0588. The monoisotopic (exact) mass is 1340 g/mol. The predicted octanol–water partition coefficient (Wildman–Crippen LogP) is 29.5. The molecule has 0 N–H and O–H groups in total. The van der Waals surface area contributed by atoms with Crippen LogP contribution in [0.15, 0.2) is 359 Å². The zero-order valence-electron chi connectivity index (χ0n) is 58.8. The van der Waals surface area contributed by atoms with Crippen LogP contribution in [0.25, 0.3) is 197 Å². The first-order valence-electron chi connectivity index (χ1n) is 36.7. The molecule has 0 aliphatic heterocycles. The predicted molar refractivity (Wildman–Crippen MR) is 447 cm³/mol. The topological polar surface area (TPSA) is 39.4 Å². The van der Waals surface area contributed by atoms with Crippen LogP contribution in [0.2, 0.25) is 0 Å². The third-order valence-electron chi connectivity index (χ3n) is 21.5. The summed E-state index contributed by atoms with van der Waals surface area (Å²) >= 11 is 0. The van der Waals surface area contributed by atoms with Crippen LogP contribution >= 0.6 is 0 Å². The molecule has 498 valence electrons. The summed E-state index contributed by atoms with van der Waals surface area (Å²) in [5, 5.41) is 22.6. The first-order valence-corrected chi connectivity index (χ1v) is 36.7. The maximum Gasteiger partial charge on any atom is 0.143 e. The number of para-hydroxylation sites is 6. The maximum atomic E-state index is 6.29. The van der Waals surface area contributed by atoms with Gasteiger partial charge in [0.2, 0.25) is 0 Å². The van der Waals surface area contributed by atoms with Crippen molar-refractivity contribution < 1.29 is 13.3 Å². The van der Waals surface area contributed by atoms with Gasteiger partial charge in [-0.15, -0.1) is 0 Å². The summed E-state index contributed by atoms with van der Waals surface area (Å²) in [6, 6.07) is 125. The minimum Gasteiger partial charge on any atom is -0.455 e. The Kier molecular flexibility index (Phi) is 15.8. The SMILES string of the molecule is CCCc1ccc2cc(-c3ccc(-c4cccc5c4oc4ccccc45)cc3)c3ccccc3c2c1.CCc1ccc2cc(-c3ccc(-c4cccc5c4oc4ccccc45)cc3)c3ccccc3c2c1.Cc1ccc2c(c1)cc(-c1ccc(-c3cccc4c3oc3ccccc34)cc1)c1ccccc12. The fourth-order valence-electron chi connectivity index (χ4n) is 16.3. The van der Waals surface area contributed by atoms with Gasteiger partial charge < -0.3 is 13.3 Å². The zero-order chi connectivity index (χ0) is 70.1. The Labute approximate surface area is 609 Å². The van der Waals surface area contributed by atoms with E-state index in [1.807, 2.05) is 36.4 Å². The maximum absolute atomic E-state index is 6.29. The first kappa shape index (κ1) is 62.9. The normalized spacial score (nSPS) is 11.7. The smallest absolute Gasteiger partial charge is 0.143 e.